The van der Waals surface area contributed by atoms with Gasteiger partial charge in [-0.25, -0.2) is 9.78 Å². The van der Waals surface area contributed by atoms with E-state index in [0.717, 1.165) is 17.7 Å². The fourth-order valence-electron chi connectivity index (χ4n) is 2.36. The Balaban J connectivity index is 1.79. The lowest BCUT2D eigenvalue weighted by atomic mass is 10.2. The zero-order chi connectivity index (χ0) is 17.6. The van der Waals surface area contributed by atoms with Crippen LogP contribution in [0.15, 0.2) is 60.0 Å². The Morgan fingerprint density at radius 1 is 1.16 bits per heavy atom. The number of nitrogens with zero attached hydrogens (tertiary/aromatic N) is 2. The summed E-state index contributed by atoms with van der Waals surface area (Å²) in [6, 6.07) is 16.8. The third-order valence-corrected chi connectivity index (χ3v) is 4.70. The number of urea groups is 1. The van der Waals surface area contributed by atoms with Gasteiger partial charge in [-0.1, -0.05) is 48.9 Å². The van der Waals surface area contributed by atoms with Gasteiger partial charge in [0.2, 0.25) is 0 Å². The molecule has 3 aromatic rings. The van der Waals surface area contributed by atoms with Crippen LogP contribution in [0.2, 0.25) is 5.02 Å². The van der Waals surface area contributed by atoms with E-state index in [2.05, 4.69) is 10.3 Å². The molecule has 25 heavy (non-hydrogen) atoms. The van der Waals surface area contributed by atoms with E-state index >= 15 is 0 Å². The second kappa shape index (κ2) is 8.14. The maximum atomic E-state index is 12.7. The highest BCUT2D eigenvalue weighted by Crippen LogP contribution is 2.28. The van der Waals surface area contributed by atoms with Gasteiger partial charge in [0.25, 0.3) is 0 Å². The summed E-state index contributed by atoms with van der Waals surface area (Å²) in [7, 11) is 0. The molecule has 3 rings (SSSR count). The standard InChI is InChI=1S/C19H18ClN3OS/c1-2-12-23(18(24)21-16-10-8-15(20)9-11-16)19-22-17(13-25-19)14-6-4-3-5-7-14/h3-11,13H,2,12H2,1H3,(H,21,24). The van der Waals surface area contributed by atoms with Crippen molar-refractivity contribution >= 4 is 39.8 Å². The number of anilines is 2. The molecule has 2 amide bonds. The van der Waals surface area contributed by atoms with Crippen molar-refractivity contribution in [3.63, 3.8) is 0 Å². The Morgan fingerprint density at radius 2 is 1.88 bits per heavy atom. The molecule has 2 aromatic carbocycles. The minimum atomic E-state index is -0.196. The maximum absolute atomic E-state index is 12.7. The van der Waals surface area contributed by atoms with Crippen LogP contribution in [0.4, 0.5) is 15.6 Å². The van der Waals surface area contributed by atoms with Gasteiger partial charge in [-0.15, -0.1) is 11.3 Å². The summed E-state index contributed by atoms with van der Waals surface area (Å²) < 4.78 is 0. The van der Waals surface area contributed by atoms with Crippen molar-refractivity contribution in [1.29, 1.82) is 0 Å². The largest absolute Gasteiger partial charge is 0.328 e. The average Bonchev–Trinajstić information content (AvgIpc) is 3.12. The van der Waals surface area contributed by atoms with Gasteiger partial charge in [0, 0.05) is 28.2 Å². The SMILES string of the molecule is CCCN(C(=O)Nc1ccc(Cl)cc1)c1nc(-c2ccccc2)cs1. The number of carbonyl (C=O) groups excluding carboxylic acids is 1. The average molecular weight is 372 g/mol. The summed E-state index contributed by atoms with van der Waals surface area (Å²) in [6.45, 7) is 2.63. The van der Waals surface area contributed by atoms with Gasteiger partial charge in [-0.2, -0.15) is 0 Å². The minimum Gasteiger partial charge on any atom is -0.307 e. The van der Waals surface area contributed by atoms with E-state index in [4.69, 9.17) is 11.6 Å². The van der Waals surface area contributed by atoms with Gasteiger partial charge in [-0.3, -0.25) is 4.90 Å². The van der Waals surface area contributed by atoms with Gasteiger partial charge in [-0.05, 0) is 30.7 Å². The van der Waals surface area contributed by atoms with Crippen LogP contribution < -0.4 is 10.2 Å². The van der Waals surface area contributed by atoms with Crippen LogP contribution in [-0.4, -0.2) is 17.6 Å². The number of amides is 2. The number of rotatable bonds is 5. The molecule has 1 heterocycles. The highest BCUT2D eigenvalue weighted by Gasteiger charge is 2.19. The van der Waals surface area contributed by atoms with Crippen molar-refractivity contribution in [2.24, 2.45) is 0 Å². The summed E-state index contributed by atoms with van der Waals surface area (Å²) in [4.78, 5) is 19.0. The van der Waals surface area contributed by atoms with Crippen molar-refractivity contribution < 1.29 is 4.79 Å². The number of halogens is 1. The zero-order valence-corrected chi connectivity index (χ0v) is 15.3. The van der Waals surface area contributed by atoms with Crippen LogP contribution in [0, 0.1) is 0 Å². The molecule has 0 fully saturated rings. The molecule has 0 saturated carbocycles. The number of hydrogen-bond donors (Lipinski definition) is 1. The van der Waals surface area contributed by atoms with Crippen molar-refractivity contribution in [3.8, 4) is 11.3 Å². The summed E-state index contributed by atoms with van der Waals surface area (Å²) >= 11 is 7.35. The van der Waals surface area contributed by atoms with E-state index in [-0.39, 0.29) is 6.03 Å². The summed E-state index contributed by atoms with van der Waals surface area (Å²) in [5, 5.41) is 6.19. The second-order valence-electron chi connectivity index (χ2n) is 5.47. The number of aromatic nitrogens is 1. The smallest absolute Gasteiger partial charge is 0.307 e. The molecular formula is C19H18ClN3OS. The molecule has 0 aliphatic rings. The van der Waals surface area contributed by atoms with Crippen molar-refractivity contribution in [3.05, 3.63) is 65.0 Å². The fraction of sp³-hybridized carbons (Fsp3) is 0.158. The molecule has 0 aliphatic carbocycles. The molecule has 0 spiro atoms. The Labute approximate surface area is 156 Å². The Hall–Kier alpha value is -2.37. The third kappa shape index (κ3) is 4.38. The molecule has 0 radical (unpaired) electrons. The van der Waals surface area contributed by atoms with Gasteiger partial charge >= 0.3 is 6.03 Å². The number of thiazole rings is 1. The molecule has 0 saturated heterocycles. The second-order valence-corrected chi connectivity index (χ2v) is 6.74. The summed E-state index contributed by atoms with van der Waals surface area (Å²) in [5.41, 5.74) is 2.62. The maximum Gasteiger partial charge on any atom is 0.328 e. The quantitative estimate of drug-likeness (QED) is 0.605. The first-order valence-electron chi connectivity index (χ1n) is 8.02. The Bertz CT molecular complexity index is 833. The molecule has 0 unspecified atom stereocenters. The topological polar surface area (TPSA) is 45.2 Å². The minimum absolute atomic E-state index is 0.196. The first-order valence-corrected chi connectivity index (χ1v) is 9.28. The molecule has 0 atom stereocenters. The normalized spacial score (nSPS) is 10.5. The Kier molecular flexibility index (Phi) is 5.68. The predicted molar refractivity (Wildman–Crippen MR) is 106 cm³/mol. The molecule has 4 nitrogen and oxygen atoms in total. The van der Waals surface area contributed by atoms with Gasteiger partial charge in [0.05, 0.1) is 5.69 Å². The molecule has 0 aliphatic heterocycles. The van der Waals surface area contributed by atoms with Crippen molar-refractivity contribution in [2.45, 2.75) is 13.3 Å². The van der Waals surface area contributed by atoms with Gasteiger partial charge < -0.3 is 5.32 Å². The van der Waals surface area contributed by atoms with Crippen LogP contribution >= 0.6 is 22.9 Å². The van der Waals surface area contributed by atoms with Crippen LogP contribution in [0.1, 0.15) is 13.3 Å². The van der Waals surface area contributed by atoms with Crippen molar-refractivity contribution in [1.82, 2.24) is 4.98 Å². The monoisotopic (exact) mass is 371 g/mol. The molecular weight excluding hydrogens is 354 g/mol. The Morgan fingerprint density at radius 3 is 2.56 bits per heavy atom. The lowest BCUT2D eigenvalue weighted by Crippen LogP contribution is -2.35. The molecule has 1 N–H and O–H groups in total. The third-order valence-electron chi connectivity index (χ3n) is 3.58. The lowest BCUT2D eigenvalue weighted by molar-refractivity contribution is 0.257. The van der Waals surface area contributed by atoms with Gasteiger partial charge in [0.1, 0.15) is 0 Å². The number of carbonyl (C=O) groups is 1. The van der Waals surface area contributed by atoms with E-state index in [1.807, 2.05) is 42.6 Å². The highest BCUT2D eigenvalue weighted by atomic mass is 35.5. The van der Waals surface area contributed by atoms with E-state index in [1.54, 1.807) is 29.2 Å². The molecule has 6 heteroatoms. The number of nitrogens with one attached hydrogen (secondary N) is 1. The molecule has 0 bridgehead atoms. The van der Waals surface area contributed by atoms with E-state index < -0.39 is 0 Å². The summed E-state index contributed by atoms with van der Waals surface area (Å²) in [5.74, 6) is 0. The van der Waals surface area contributed by atoms with Crippen LogP contribution in [0.25, 0.3) is 11.3 Å². The molecule has 128 valence electrons. The predicted octanol–water partition coefficient (Wildman–Crippen LogP) is 5.91. The van der Waals surface area contributed by atoms with E-state index in [0.29, 0.717) is 22.4 Å². The highest BCUT2D eigenvalue weighted by molar-refractivity contribution is 7.14. The van der Waals surface area contributed by atoms with Gasteiger partial charge in [0.15, 0.2) is 5.13 Å². The van der Waals surface area contributed by atoms with Crippen molar-refractivity contribution in [2.75, 3.05) is 16.8 Å². The number of benzene rings is 2. The lowest BCUT2D eigenvalue weighted by Gasteiger charge is -2.19. The van der Waals surface area contributed by atoms with Crippen LogP contribution in [0.3, 0.4) is 0 Å². The van der Waals surface area contributed by atoms with E-state index in [1.165, 1.54) is 11.3 Å². The first kappa shape index (κ1) is 17.5. The number of hydrogen-bond acceptors (Lipinski definition) is 3. The molecule has 1 aromatic heterocycles. The first-order chi connectivity index (χ1) is 12.2. The zero-order valence-electron chi connectivity index (χ0n) is 13.8. The van der Waals surface area contributed by atoms with E-state index in [9.17, 15) is 4.79 Å². The summed E-state index contributed by atoms with van der Waals surface area (Å²) in [6.07, 6.45) is 0.842. The van der Waals surface area contributed by atoms with Crippen LogP contribution in [-0.2, 0) is 0 Å². The fourth-order valence-corrected chi connectivity index (χ4v) is 3.35. The van der Waals surface area contributed by atoms with Crippen LogP contribution in [0.5, 0.6) is 0 Å².